The van der Waals surface area contributed by atoms with Crippen molar-refractivity contribution in [2.24, 2.45) is 5.41 Å². The maximum absolute atomic E-state index is 11.5. The van der Waals surface area contributed by atoms with Crippen LogP contribution in [0.3, 0.4) is 0 Å². The van der Waals surface area contributed by atoms with Crippen LogP contribution in [0, 0.1) is 5.41 Å². The molecule has 0 spiro atoms. The van der Waals surface area contributed by atoms with E-state index in [9.17, 15) is 4.79 Å². The molecule has 0 aliphatic heterocycles. The van der Waals surface area contributed by atoms with Gasteiger partial charge in [0.25, 0.3) is 0 Å². The molecule has 4 nitrogen and oxygen atoms in total. The number of hydrogen-bond acceptors (Lipinski definition) is 4. The van der Waals surface area contributed by atoms with Gasteiger partial charge in [0.05, 0.1) is 12.5 Å². The third kappa shape index (κ3) is 6.74. The van der Waals surface area contributed by atoms with Gasteiger partial charge in [-0.05, 0) is 46.0 Å². The number of nitrogens with one attached hydrogen (secondary N) is 1. The number of esters is 1. The van der Waals surface area contributed by atoms with Gasteiger partial charge in [0.1, 0.15) is 0 Å². The van der Waals surface area contributed by atoms with E-state index in [1.165, 1.54) is 12.7 Å². The van der Waals surface area contributed by atoms with E-state index in [-0.39, 0.29) is 5.97 Å². The van der Waals surface area contributed by atoms with Gasteiger partial charge in [0.15, 0.2) is 0 Å². The fraction of sp³-hybridized carbons (Fsp3) is 0.588. The molecule has 0 unspecified atom stereocenters. The number of ether oxygens (including phenoxy) is 1. The standard InChI is InChI=1S/C17H28N2O2/c1-17(2,16(20)21-4)14-18-11-8-12-19(3)13-15-9-6-5-7-10-15/h5-7,9-10,18H,8,11-14H2,1-4H3. The van der Waals surface area contributed by atoms with E-state index in [0.717, 1.165) is 26.1 Å². The van der Waals surface area contributed by atoms with Gasteiger partial charge in [-0.15, -0.1) is 0 Å². The quantitative estimate of drug-likeness (QED) is 0.560. The highest BCUT2D eigenvalue weighted by Crippen LogP contribution is 2.15. The lowest BCUT2D eigenvalue weighted by atomic mass is 9.94. The second-order valence-electron chi connectivity index (χ2n) is 6.13. The monoisotopic (exact) mass is 292 g/mol. The summed E-state index contributed by atoms with van der Waals surface area (Å²) in [7, 11) is 3.56. The first-order chi connectivity index (χ1) is 9.95. The molecule has 0 fully saturated rings. The molecule has 4 heteroatoms. The molecule has 0 bridgehead atoms. The van der Waals surface area contributed by atoms with E-state index in [1.807, 2.05) is 19.9 Å². The van der Waals surface area contributed by atoms with E-state index < -0.39 is 5.41 Å². The van der Waals surface area contributed by atoms with Gasteiger partial charge in [-0.1, -0.05) is 30.3 Å². The van der Waals surface area contributed by atoms with Gasteiger partial charge in [-0.25, -0.2) is 0 Å². The van der Waals surface area contributed by atoms with E-state index in [2.05, 4.69) is 41.5 Å². The predicted octanol–water partition coefficient (Wildman–Crippen LogP) is 2.30. The Morgan fingerprint density at radius 3 is 2.57 bits per heavy atom. The van der Waals surface area contributed by atoms with Crippen LogP contribution in [0.2, 0.25) is 0 Å². The summed E-state index contributed by atoms with van der Waals surface area (Å²) in [5.74, 6) is -0.170. The van der Waals surface area contributed by atoms with Crippen molar-refractivity contribution in [3.05, 3.63) is 35.9 Å². The molecule has 0 amide bonds. The first-order valence-corrected chi connectivity index (χ1v) is 7.47. The summed E-state index contributed by atoms with van der Waals surface area (Å²) >= 11 is 0. The third-order valence-corrected chi connectivity index (χ3v) is 3.49. The van der Waals surface area contributed by atoms with Crippen molar-refractivity contribution in [3.63, 3.8) is 0 Å². The summed E-state index contributed by atoms with van der Waals surface area (Å²) in [6, 6.07) is 10.5. The van der Waals surface area contributed by atoms with E-state index in [4.69, 9.17) is 4.74 Å². The lowest BCUT2D eigenvalue weighted by Gasteiger charge is -2.22. The van der Waals surface area contributed by atoms with Crippen molar-refractivity contribution in [3.8, 4) is 0 Å². The predicted molar refractivity (Wildman–Crippen MR) is 86.1 cm³/mol. The molecule has 0 aromatic heterocycles. The fourth-order valence-corrected chi connectivity index (χ4v) is 2.20. The van der Waals surface area contributed by atoms with Crippen LogP contribution in [0.4, 0.5) is 0 Å². The maximum Gasteiger partial charge on any atom is 0.312 e. The highest BCUT2D eigenvalue weighted by atomic mass is 16.5. The SMILES string of the molecule is COC(=O)C(C)(C)CNCCCN(C)Cc1ccccc1. The van der Waals surface area contributed by atoms with Crippen LogP contribution in [0.1, 0.15) is 25.8 Å². The summed E-state index contributed by atoms with van der Waals surface area (Å²) < 4.78 is 4.79. The van der Waals surface area contributed by atoms with Crippen LogP contribution in [-0.2, 0) is 16.1 Å². The second-order valence-corrected chi connectivity index (χ2v) is 6.13. The average Bonchev–Trinajstić information content (AvgIpc) is 2.46. The first kappa shape index (κ1) is 17.7. The zero-order chi connectivity index (χ0) is 15.7. The maximum atomic E-state index is 11.5. The Bertz CT molecular complexity index is 418. The van der Waals surface area contributed by atoms with Gasteiger partial charge in [0.2, 0.25) is 0 Å². The van der Waals surface area contributed by atoms with Crippen molar-refractivity contribution in [2.45, 2.75) is 26.8 Å². The van der Waals surface area contributed by atoms with Crippen molar-refractivity contribution < 1.29 is 9.53 Å². The number of carbonyl (C=O) groups excluding carboxylic acids is 1. The summed E-state index contributed by atoms with van der Waals surface area (Å²) in [6.45, 7) is 7.33. The van der Waals surface area contributed by atoms with Crippen molar-refractivity contribution >= 4 is 5.97 Å². The molecule has 1 aromatic carbocycles. The van der Waals surface area contributed by atoms with Crippen molar-refractivity contribution in [1.29, 1.82) is 0 Å². The van der Waals surface area contributed by atoms with E-state index in [1.54, 1.807) is 0 Å². The van der Waals surface area contributed by atoms with Crippen LogP contribution in [0.15, 0.2) is 30.3 Å². The van der Waals surface area contributed by atoms with Gasteiger partial charge in [0, 0.05) is 13.1 Å². The molecular weight excluding hydrogens is 264 g/mol. The van der Waals surface area contributed by atoms with Crippen molar-refractivity contribution in [2.75, 3.05) is 33.8 Å². The molecule has 118 valence electrons. The molecule has 0 aliphatic rings. The number of methoxy groups -OCH3 is 1. The van der Waals surface area contributed by atoms with Crippen LogP contribution in [0.25, 0.3) is 0 Å². The topological polar surface area (TPSA) is 41.6 Å². The molecule has 0 saturated heterocycles. The summed E-state index contributed by atoms with van der Waals surface area (Å²) in [6.07, 6.45) is 1.06. The molecule has 0 radical (unpaired) electrons. The molecule has 1 aromatic rings. The highest BCUT2D eigenvalue weighted by molar-refractivity contribution is 5.76. The minimum absolute atomic E-state index is 0.170. The van der Waals surface area contributed by atoms with Crippen LogP contribution in [0.5, 0.6) is 0 Å². The van der Waals surface area contributed by atoms with Crippen molar-refractivity contribution in [1.82, 2.24) is 10.2 Å². The fourth-order valence-electron chi connectivity index (χ4n) is 2.20. The number of carbonyl (C=O) groups is 1. The third-order valence-electron chi connectivity index (χ3n) is 3.49. The van der Waals surface area contributed by atoms with Gasteiger partial charge in [-0.2, -0.15) is 0 Å². The molecule has 0 heterocycles. The first-order valence-electron chi connectivity index (χ1n) is 7.47. The summed E-state index contributed by atoms with van der Waals surface area (Å²) in [4.78, 5) is 13.8. The Morgan fingerprint density at radius 1 is 1.29 bits per heavy atom. The zero-order valence-electron chi connectivity index (χ0n) is 13.7. The molecule has 1 rings (SSSR count). The molecule has 21 heavy (non-hydrogen) atoms. The van der Waals surface area contributed by atoms with Gasteiger partial charge < -0.3 is 15.0 Å². The lowest BCUT2D eigenvalue weighted by molar-refractivity contribution is -0.150. The molecule has 0 atom stereocenters. The molecule has 0 saturated carbocycles. The molecular formula is C17H28N2O2. The Morgan fingerprint density at radius 2 is 1.95 bits per heavy atom. The number of benzene rings is 1. The van der Waals surface area contributed by atoms with E-state index in [0.29, 0.717) is 6.54 Å². The summed E-state index contributed by atoms with van der Waals surface area (Å²) in [5.41, 5.74) is 0.866. The largest absolute Gasteiger partial charge is 0.469 e. The molecule has 1 N–H and O–H groups in total. The minimum atomic E-state index is -0.468. The normalized spacial score (nSPS) is 11.7. The average molecular weight is 292 g/mol. The zero-order valence-corrected chi connectivity index (χ0v) is 13.7. The van der Waals surface area contributed by atoms with Gasteiger partial charge >= 0.3 is 5.97 Å². The van der Waals surface area contributed by atoms with Gasteiger partial charge in [-0.3, -0.25) is 4.79 Å². The molecule has 0 aliphatic carbocycles. The Hall–Kier alpha value is -1.39. The minimum Gasteiger partial charge on any atom is -0.469 e. The van der Waals surface area contributed by atoms with Crippen LogP contribution in [-0.4, -0.2) is 44.7 Å². The Balaban J connectivity index is 2.15. The lowest BCUT2D eigenvalue weighted by Crippen LogP contribution is -2.37. The number of nitrogens with zero attached hydrogens (tertiary/aromatic N) is 1. The summed E-state index contributed by atoms with van der Waals surface area (Å²) in [5, 5.41) is 3.33. The van der Waals surface area contributed by atoms with Crippen LogP contribution >= 0.6 is 0 Å². The van der Waals surface area contributed by atoms with Crippen LogP contribution < -0.4 is 5.32 Å². The van der Waals surface area contributed by atoms with E-state index >= 15 is 0 Å². The second kappa shape index (κ2) is 8.80. The highest BCUT2D eigenvalue weighted by Gasteiger charge is 2.27. The smallest absolute Gasteiger partial charge is 0.312 e. The number of hydrogen-bond donors (Lipinski definition) is 1. The Kier molecular flexibility index (Phi) is 7.40. The number of rotatable bonds is 9. The Labute approximate surface area is 128 Å².